The molecular weight excluding hydrogens is 473 g/mol. The molecule has 4 aromatic rings. The van der Waals surface area contributed by atoms with Gasteiger partial charge in [-0.25, -0.2) is 28.9 Å². The van der Waals surface area contributed by atoms with Crippen molar-refractivity contribution in [2.45, 2.75) is 24.3 Å². The van der Waals surface area contributed by atoms with Gasteiger partial charge in [0.1, 0.15) is 18.5 Å². The van der Waals surface area contributed by atoms with Crippen molar-refractivity contribution >= 4 is 28.9 Å². The molecule has 12 heteroatoms. The quantitative estimate of drug-likeness (QED) is 0.382. The lowest BCUT2D eigenvalue weighted by Crippen LogP contribution is -2.47. The third-order valence-electron chi connectivity index (χ3n) is 5.69. The summed E-state index contributed by atoms with van der Waals surface area (Å²) in [6.45, 7) is -0.666. The summed E-state index contributed by atoms with van der Waals surface area (Å²) in [7, 11) is 0. The van der Waals surface area contributed by atoms with Crippen molar-refractivity contribution in [1.29, 1.82) is 0 Å². The van der Waals surface area contributed by atoms with E-state index in [9.17, 15) is 14.7 Å². The summed E-state index contributed by atoms with van der Waals surface area (Å²) in [4.78, 5) is 37.2. The van der Waals surface area contributed by atoms with Gasteiger partial charge in [-0.3, -0.25) is 4.57 Å². The number of aromatic nitrogens is 4. The van der Waals surface area contributed by atoms with Crippen LogP contribution < -0.4 is 5.73 Å². The summed E-state index contributed by atoms with van der Waals surface area (Å²) in [5, 5.41) is 10.8. The molecule has 5 rings (SSSR count). The van der Waals surface area contributed by atoms with Crippen molar-refractivity contribution in [3.63, 3.8) is 0 Å². The molecule has 1 fully saturated rings. The molecule has 3 N–H and O–H groups in total. The molecule has 4 atom stereocenters. The first-order valence-electron chi connectivity index (χ1n) is 10.8. The predicted octanol–water partition coefficient (Wildman–Crippen LogP) is 2.05. The normalized spacial score (nSPS) is 23.4. The molecule has 2 aromatic heterocycles. The molecule has 1 aliphatic heterocycles. The highest BCUT2D eigenvalue weighted by atomic mass is 19.2. The number of ether oxygens (including phenoxy) is 3. The molecule has 1 aliphatic rings. The molecule has 0 saturated carbocycles. The summed E-state index contributed by atoms with van der Waals surface area (Å²) in [6, 6.07) is 15.9. The van der Waals surface area contributed by atoms with Crippen LogP contribution in [0.5, 0.6) is 0 Å². The van der Waals surface area contributed by atoms with Crippen molar-refractivity contribution in [3.05, 3.63) is 84.4 Å². The van der Waals surface area contributed by atoms with Crippen molar-refractivity contribution in [1.82, 2.24) is 19.5 Å². The molecule has 0 amide bonds. The first kappa shape index (κ1) is 23.3. The average Bonchev–Trinajstić information content (AvgIpc) is 3.43. The van der Waals surface area contributed by atoms with Gasteiger partial charge < -0.3 is 25.1 Å². The smallest absolute Gasteiger partial charge is 0.338 e. The minimum absolute atomic E-state index is 0.0680. The Balaban J connectivity index is 1.45. The van der Waals surface area contributed by atoms with Gasteiger partial charge in [-0.05, 0) is 24.3 Å². The lowest BCUT2D eigenvalue weighted by atomic mass is 10.1. The minimum atomic E-state index is -3.25. The number of alkyl halides is 1. The summed E-state index contributed by atoms with van der Waals surface area (Å²) in [5.74, 6) is -4.82. The first-order valence-corrected chi connectivity index (χ1v) is 10.8. The Labute approximate surface area is 203 Å². The van der Waals surface area contributed by atoms with E-state index < -0.39 is 42.8 Å². The minimum Gasteiger partial charge on any atom is -0.459 e. The molecule has 0 spiro atoms. The molecule has 2 aromatic carbocycles. The average molecular weight is 493 g/mol. The number of benzene rings is 2. The largest absolute Gasteiger partial charge is 0.459 e. The number of rotatable bonds is 6. The summed E-state index contributed by atoms with van der Waals surface area (Å²) >= 11 is 0. The van der Waals surface area contributed by atoms with Crippen molar-refractivity contribution in [2.24, 2.45) is 0 Å². The third kappa shape index (κ3) is 4.23. The second-order valence-electron chi connectivity index (χ2n) is 7.98. The highest BCUT2D eigenvalue weighted by molar-refractivity contribution is 5.90. The fourth-order valence-corrected chi connectivity index (χ4v) is 3.85. The fraction of sp³-hybridized carbons (Fsp3) is 0.208. The molecule has 36 heavy (non-hydrogen) atoms. The number of hydrogen-bond acceptors (Lipinski definition) is 10. The van der Waals surface area contributed by atoms with Gasteiger partial charge in [0.05, 0.1) is 17.5 Å². The van der Waals surface area contributed by atoms with Gasteiger partial charge in [0, 0.05) is 0 Å². The van der Waals surface area contributed by atoms with Crippen LogP contribution in [0.25, 0.3) is 11.2 Å². The van der Waals surface area contributed by atoms with Crippen LogP contribution >= 0.6 is 0 Å². The number of nitrogen functional groups attached to an aromatic ring is 1. The number of halogens is 1. The van der Waals surface area contributed by atoms with E-state index in [1.54, 1.807) is 36.4 Å². The van der Waals surface area contributed by atoms with Gasteiger partial charge in [0.25, 0.3) is 5.85 Å². The molecule has 0 radical (unpaired) electrons. The van der Waals surface area contributed by atoms with Gasteiger partial charge in [-0.2, -0.15) is 0 Å². The van der Waals surface area contributed by atoms with Crippen LogP contribution in [-0.4, -0.2) is 61.2 Å². The maximum atomic E-state index is 15.9. The Bertz CT molecular complexity index is 1400. The number of hydrogen-bond donors (Lipinski definition) is 2. The highest BCUT2D eigenvalue weighted by Crippen LogP contribution is 2.42. The second-order valence-corrected chi connectivity index (χ2v) is 7.98. The number of carbonyl (C=O) groups is 2. The Kier molecular flexibility index (Phi) is 6.04. The first-order chi connectivity index (χ1) is 17.4. The number of carbonyl (C=O) groups excluding carboxylic acids is 2. The van der Waals surface area contributed by atoms with E-state index >= 15 is 4.39 Å². The number of imidazole rings is 1. The molecule has 0 bridgehead atoms. The van der Waals surface area contributed by atoms with Crippen LogP contribution in [0, 0.1) is 0 Å². The maximum Gasteiger partial charge on any atom is 0.338 e. The zero-order valence-electron chi connectivity index (χ0n) is 18.6. The van der Waals surface area contributed by atoms with Gasteiger partial charge in [-0.1, -0.05) is 36.4 Å². The van der Waals surface area contributed by atoms with Crippen LogP contribution in [0.1, 0.15) is 26.9 Å². The van der Waals surface area contributed by atoms with Crippen molar-refractivity contribution < 1.29 is 33.3 Å². The van der Waals surface area contributed by atoms with E-state index in [4.69, 9.17) is 19.9 Å². The predicted molar refractivity (Wildman–Crippen MR) is 122 cm³/mol. The van der Waals surface area contributed by atoms with E-state index in [-0.39, 0.29) is 28.1 Å². The zero-order chi connectivity index (χ0) is 25.3. The Hall–Kier alpha value is -4.42. The zero-order valence-corrected chi connectivity index (χ0v) is 18.6. The van der Waals surface area contributed by atoms with Gasteiger partial charge in [-0.15, -0.1) is 0 Å². The van der Waals surface area contributed by atoms with E-state index in [2.05, 4.69) is 15.0 Å². The fourth-order valence-electron chi connectivity index (χ4n) is 3.85. The van der Waals surface area contributed by atoms with Crippen molar-refractivity contribution in [2.75, 3.05) is 12.3 Å². The van der Waals surface area contributed by atoms with Crippen LogP contribution in [0.15, 0.2) is 73.3 Å². The topological polar surface area (TPSA) is 152 Å². The Morgan fingerprint density at radius 1 is 1.03 bits per heavy atom. The standard InChI is InChI=1S/C24H20FN5O6/c25-24(33)16(11-34-22(31)14-7-3-1-4-8-14)35-21(18(24)36-23(32)15-9-5-2-6-10-15)30-13-29-17-19(26)27-12-28-20(17)30/h1-10,12-13,16,18,21,33H,11H2,(H2,26,27,28)/t16-,18+,21-,24-/m1/s1. The third-order valence-corrected chi connectivity index (χ3v) is 5.69. The van der Waals surface area contributed by atoms with Crippen molar-refractivity contribution in [3.8, 4) is 0 Å². The Morgan fingerprint density at radius 3 is 2.33 bits per heavy atom. The SMILES string of the molecule is Nc1ncnc2c1ncn2[C@@H]1O[C@H](COC(=O)c2ccccc2)[C@](O)(F)[C@H]1OC(=O)c1ccccc1. The second kappa shape index (κ2) is 9.32. The number of nitrogens with two attached hydrogens (primary N) is 1. The molecule has 11 nitrogen and oxygen atoms in total. The highest BCUT2D eigenvalue weighted by Gasteiger charge is 2.61. The van der Waals surface area contributed by atoms with Gasteiger partial charge in [0.2, 0.25) is 6.10 Å². The Morgan fingerprint density at radius 2 is 1.67 bits per heavy atom. The van der Waals surface area contributed by atoms with Gasteiger partial charge in [0.15, 0.2) is 23.8 Å². The number of anilines is 1. The van der Waals surface area contributed by atoms with Crippen LogP contribution in [0.4, 0.5) is 10.2 Å². The van der Waals surface area contributed by atoms with E-state index in [1.807, 2.05) is 0 Å². The van der Waals surface area contributed by atoms with Crippen LogP contribution in [0.3, 0.4) is 0 Å². The number of fused-ring (bicyclic) bond motifs is 1. The molecule has 3 heterocycles. The monoisotopic (exact) mass is 493 g/mol. The van der Waals surface area contributed by atoms with E-state index in [0.29, 0.717) is 0 Å². The van der Waals surface area contributed by atoms with Crippen LogP contribution in [-0.2, 0) is 14.2 Å². The van der Waals surface area contributed by atoms with E-state index in [1.165, 1.54) is 41.5 Å². The molecule has 184 valence electrons. The maximum absolute atomic E-state index is 15.9. The summed E-state index contributed by atoms with van der Waals surface area (Å²) < 4.78 is 33.5. The molecule has 0 unspecified atom stereocenters. The molecule has 1 saturated heterocycles. The lowest BCUT2D eigenvalue weighted by Gasteiger charge is -2.26. The number of aliphatic hydroxyl groups is 1. The number of esters is 2. The van der Waals surface area contributed by atoms with E-state index in [0.717, 1.165) is 0 Å². The summed E-state index contributed by atoms with van der Waals surface area (Å²) in [6.07, 6.45) is -2.58. The molecular formula is C24H20FN5O6. The summed E-state index contributed by atoms with van der Waals surface area (Å²) in [5.41, 5.74) is 6.57. The number of nitrogens with zero attached hydrogens (tertiary/aromatic N) is 4. The molecule has 0 aliphatic carbocycles. The lowest BCUT2D eigenvalue weighted by molar-refractivity contribution is -0.182. The van der Waals surface area contributed by atoms with Gasteiger partial charge >= 0.3 is 11.9 Å². The van der Waals surface area contributed by atoms with Crippen LogP contribution in [0.2, 0.25) is 0 Å².